The first-order valence-electron chi connectivity index (χ1n) is 7.03. The van der Waals surface area contributed by atoms with E-state index in [9.17, 15) is 4.79 Å². The van der Waals surface area contributed by atoms with Gasteiger partial charge in [-0.15, -0.1) is 11.3 Å². The van der Waals surface area contributed by atoms with Gasteiger partial charge in [0.2, 0.25) is 5.91 Å². The second kappa shape index (κ2) is 7.66. The molecule has 0 bridgehead atoms. The molecule has 1 heterocycles. The molecule has 1 aromatic carbocycles. The Morgan fingerprint density at radius 1 is 1.19 bits per heavy atom. The molecular formula is C17H21NOS2. The SMILES string of the molecule is CSCC(=O)NC(c1ccc(C(C)C)cc1)c1cccs1. The van der Waals surface area contributed by atoms with E-state index in [1.54, 1.807) is 23.1 Å². The summed E-state index contributed by atoms with van der Waals surface area (Å²) in [5.41, 5.74) is 2.45. The Hall–Kier alpha value is -1.26. The van der Waals surface area contributed by atoms with Crippen molar-refractivity contribution < 1.29 is 4.79 Å². The Kier molecular flexibility index (Phi) is 5.88. The summed E-state index contributed by atoms with van der Waals surface area (Å²) in [6.07, 6.45) is 1.94. The second-order valence-corrected chi connectivity index (χ2v) is 7.12. The summed E-state index contributed by atoms with van der Waals surface area (Å²) in [6, 6.07) is 12.6. The van der Waals surface area contributed by atoms with E-state index in [0.717, 1.165) is 5.56 Å². The molecule has 1 atom stereocenters. The molecule has 4 heteroatoms. The summed E-state index contributed by atoms with van der Waals surface area (Å²) in [7, 11) is 0. The number of carbonyl (C=O) groups excluding carboxylic acids is 1. The third kappa shape index (κ3) is 4.35. The summed E-state index contributed by atoms with van der Waals surface area (Å²) in [5.74, 6) is 1.09. The van der Waals surface area contributed by atoms with E-state index in [2.05, 4.69) is 49.5 Å². The lowest BCUT2D eigenvalue weighted by Gasteiger charge is -2.18. The Morgan fingerprint density at radius 3 is 2.38 bits per heavy atom. The molecule has 1 N–H and O–H groups in total. The van der Waals surface area contributed by atoms with Gasteiger partial charge < -0.3 is 5.32 Å². The van der Waals surface area contributed by atoms with E-state index in [1.165, 1.54) is 10.4 Å². The minimum absolute atomic E-state index is 0.0501. The Morgan fingerprint density at radius 2 is 1.86 bits per heavy atom. The average Bonchev–Trinajstić information content (AvgIpc) is 2.99. The number of amides is 1. The van der Waals surface area contributed by atoms with Crippen LogP contribution < -0.4 is 5.32 Å². The molecule has 0 saturated carbocycles. The summed E-state index contributed by atoms with van der Waals surface area (Å²) < 4.78 is 0. The second-order valence-electron chi connectivity index (χ2n) is 5.27. The van der Waals surface area contributed by atoms with Crippen molar-refractivity contribution in [3.63, 3.8) is 0 Å². The van der Waals surface area contributed by atoms with Crippen LogP contribution in [0.2, 0.25) is 0 Å². The highest BCUT2D eigenvalue weighted by atomic mass is 32.2. The van der Waals surface area contributed by atoms with Gasteiger partial charge in [0.05, 0.1) is 11.8 Å². The number of benzene rings is 1. The van der Waals surface area contributed by atoms with Crippen molar-refractivity contribution in [3.8, 4) is 0 Å². The molecule has 0 aliphatic rings. The number of hydrogen-bond acceptors (Lipinski definition) is 3. The largest absolute Gasteiger partial charge is 0.344 e. The van der Waals surface area contributed by atoms with Crippen LogP contribution in [0.4, 0.5) is 0 Å². The van der Waals surface area contributed by atoms with Crippen molar-refractivity contribution >= 4 is 29.0 Å². The number of thioether (sulfide) groups is 1. The van der Waals surface area contributed by atoms with Crippen LogP contribution in [-0.4, -0.2) is 17.9 Å². The molecule has 2 rings (SSSR count). The summed E-state index contributed by atoms with van der Waals surface area (Å²) in [5, 5.41) is 5.18. The molecule has 1 unspecified atom stereocenters. The summed E-state index contributed by atoms with van der Waals surface area (Å²) in [4.78, 5) is 13.1. The zero-order valence-electron chi connectivity index (χ0n) is 12.6. The quantitative estimate of drug-likeness (QED) is 0.853. The van der Waals surface area contributed by atoms with Crippen LogP contribution in [0, 0.1) is 0 Å². The highest BCUT2D eigenvalue weighted by Gasteiger charge is 2.17. The molecule has 0 aliphatic heterocycles. The maximum absolute atomic E-state index is 12.0. The van der Waals surface area contributed by atoms with Gasteiger partial charge in [0, 0.05) is 4.88 Å². The monoisotopic (exact) mass is 319 g/mol. The van der Waals surface area contributed by atoms with E-state index < -0.39 is 0 Å². The zero-order valence-corrected chi connectivity index (χ0v) is 14.3. The minimum Gasteiger partial charge on any atom is -0.344 e. The lowest BCUT2D eigenvalue weighted by molar-refractivity contribution is -0.119. The highest BCUT2D eigenvalue weighted by Crippen LogP contribution is 2.27. The maximum Gasteiger partial charge on any atom is 0.230 e. The van der Waals surface area contributed by atoms with Gasteiger partial charge in [-0.3, -0.25) is 4.79 Å². The molecule has 0 spiro atoms. The summed E-state index contributed by atoms with van der Waals surface area (Å²) in [6.45, 7) is 4.37. The van der Waals surface area contributed by atoms with Crippen LogP contribution in [0.15, 0.2) is 41.8 Å². The first-order chi connectivity index (χ1) is 10.1. The highest BCUT2D eigenvalue weighted by molar-refractivity contribution is 7.99. The van der Waals surface area contributed by atoms with Crippen LogP contribution in [0.5, 0.6) is 0 Å². The van der Waals surface area contributed by atoms with Crippen LogP contribution in [0.1, 0.15) is 41.8 Å². The normalized spacial score (nSPS) is 12.4. The molecule has 1 aromatic heterocycles. The van der Waals surface area contributed by atoms with Gasteiger partial charge >= 0.3 is 0 Å². The molecule has 2 aromatic rings. The molecule has 112 valence electrons. The topological polar surface area (TPSA) is 29.1 Å². The van der Waals surface area contributed by atoms with E-state index >= 15 is 0 Å². The standard InChI is InChI=1S/C17H21NOS2/c1-12(2)13-6-8-14(9-7-13)17(15-5-4-10-21-15)18-16(19)11-20-3/h4-10,12,17H,11H2,1-3H3,(H,18,19). The van der Waals surface area contributed by atoms with E-state index in [0.29, 0.717) is 11.7 Å². The fraction of sp³-hybridized carbons (Fsp3) is 0.353. The lowest BCUT2D eigenvalue weighted by Crippen LogP contribution is -2.30. The number of hydrogen-bond donors (Lipinski definition) is 1. The molecule has 0 fully saturated rings. The third-order valence-electron chi connectivity index (χ3n) is 3.34. The number of thiophene rings is 1. The third-order valence-corrected chi connectivity index (χ3v) is 4.83. The number of carbonyl (C=O) groups is 1. The van der Waals surface area contributed by atoms with Gasteiger partial charge in [-0.1, -0.05) is 44.2 Å². The average molecular weight is 319 g/mol. The lowest BCUT2D eigenvalue weighted by atomic mass is 9.98. The first-order valence-corrected chi connectivity index (χ1v) is 9.30. The number of rotatable bonds is 6. The Labute approximate surface area is 135 Å². The van der Waals surface area contributed by atoms with Crippen molar-refractivity contribution in [2.75, 3.05) is 12.0 Å². The van der Waals surface area contributed by atoms with Gasteiger partial charge in [-0.2, -0.15) is 11.8 Å². The molecular weight excluding hydrogens is 298 g/mol. The van der Waals surface area contributed by atoms with Crippen molar-refractivity contribution in [2.24, 2.45) is 0 Å². The predicted octanol–water partition coefficient (Wildman–Crippen LogP) is 4.44. The fourth-order valence-corrected chi connectivity index (χ4v) is 3.33. The van der Waals surface area contributed by atoms with Gasteiger partial charge in [0.25, 0.3) is 0 Å². The molecule has 1 amide bonds. The smallest absolute Gasteiger partial charge is 0.230 e. The summed E-state index contributed by atoms with van der Waals surface area (Å²) >= 11 is 3.22. The molecule has 2 nitrogen and oxygen atoms in total. The van der Waals surface area contributed by atoms with Crippen molar-refractivity contribution in [2.45, 2.75) is 25.8 Å². The predicted molar refractivity (Wildman–Crippen MR) is 93.2 cm³/mol. The van der Waals surface area contributed by atoms with Gasteiger partial charge in [0.1, 0.15) is 0 Å². The molecule has 0 saturated heterocycles. The van der Waals surface area contributed by atoms with Crippen LogP contribution in [0.3, 0.4) is 0 Å². The van der Waals surface area contributed by atoms with Gasteiger partial charge in [0.15, 0.2) is 0 Å². The van der Waals surface area contributed by atoms with Crippen molar-refractivity contribution in [3.05, 3.63) is 57.8 Å². The van der Waals surface area contributed by atoms with E-state index in [4.69, 9.17) is 0 Å². The zero-order chi connectivity index (χ0) is 15.2. The van der Waals surface area contributed by atoms with Crippen LogP contribution >= 0.6 is 23.1 Å². The van der Waals surface area contributed by atoms with Gasteiger partial charge in [-0.05, 0) is 34.7 Å². The van der Waals surface area contributed by atoms with Crippen molar-refractivity contribution in [1.29, 1.82) is 0 Å². The van der Waals surface area contributed by atoms with Crippen LogP contribution in [0.25, 0.3) is 0 Å². The van der Waals surface area contributed by atoms with E-state index in [-0.39, 0.29) is 11.9 Å². The molecule has 0 aliphatic carbocycles. The fourth-order valence-electron chi connectivity index (χ4n) is 2.18. The first kappa shape index (κ1) is 16.1. The maximum atomic E-state index is 12.0. The van der Waals surface area contributed by atoms with Crippen LogP contribution in [-0.2, 0) is 4.79 Å². The molecule has 21 heavy (non-hydrogen) atoms. The van der Waals surface area contributed by atoms with Gasteiger partial charge in [-0.25, -0.2) is 0 Å². The Balaban J connectivity index is 2.24. The number of nitrogens with one attached hydrogen (secondary N) is 1. The van der Waals surface area contributed by atoms with E-state index in [1.807, 2.05) is 17.7 Å². The minimum atomic E-state index is -0.0501. The van der Waals surface area contributed by atoms with Crippen molar-refractivity contribution in [1.82, 2.24) is 5.32 Å². The molecule has 0 radical (unpaired) electrons. The Bertz CT molecular complexity index is 561.